The molecule has 5 nitrogen and oxygen atoms in total. The van der Waals surface area contributed by atoms with Crippen molar-refractivity contribution in [2.75, 3.05) is 26.3 Å². The second-order valence-corrected chi connectivity index (χ2v) is 4.83. The molecule has 16 heavy (non-hydrogen) atoms. The summed E-state index contributed by atoms with van der Waals surface area (Å²) in [6.07, 6.45) is 2.19. The molecule has 0 radical (unpaired) electrons. The lowest BCUT2D eigenvalue weighted by molar-refractivity contribution is 0.0151. The van der Waals surface area contributed by atoms with Crippen LogP contribution in [0.4, 0.5) is 0 Å². The second kappa shape index (κ2) is 3.82. The van der Waals surface area contributed by atoms with Gasteiger partial charge in [-0.15, -0.1) is 0 Å². The van der Waals surface area contributed by atoms with Gasteiger partial charge in [0, 0.05) is 39.1 Å². The van der Waals surface area contributed by atoms with Gasteiger partial charge in [0.05, 0.1) is 0 Å². The number of hydrogen-bond acceptors (Lipinski definition) is 5. The molecule has 1 aromatic heterocycles. The number of nitrogens with zero attached hydrogens (tertiary/aromatic N) is 2. The average Bonchev–Trinajstić information content (AvgIpc) is 2.87. The summed E-state index contributed by atoms with van der Waals surface area (Å²) in [6.45, 7) is 5.56. The van der Waals surface area contributed by atoms with Gasteiger partial charge in [0.25, 0.3) is 0 Å². The average molecular weight is 223 g/mol. The zero-order chi connectivity index (χ0) is 11.0. The Morgan fingerprint density at radius 1 is 1.38 bits per heavy atom. The Hall–Kier alpha value is -0.940. The Labute approximate surface area is 94.6 Å². The molecule has 0 bridgehead atoms. The summed E-state index contributed by atoms with van der Waals surface area (Å²) < 4.78 is 10.5. The van der Waals surface area contributed by atoms with Gasteiger partial charge >= 0.3 is 0 Å². The third-order valence-corrected chi connectivity index (χ3v) is 3.91. The van der Waals surface area contributed by atoms with Gasteiger partial charge in [-0.3, -0.25) is 0 Å². The molecule has 1 atom stereocenters. The van der Waals surface area contributed by atoms with E-state index in [9.17, 15) is 0 Å². The first-order chi connectivity index (χ1) is 7.80. The van der Waals surface area contributed by atoms with Crippen molar-refractivity contribution in [2.45, 2.75) is 25.7 Å². The molecule has 2 aliphatic rings. The topological polar surface area (TPSA) is 60.2 Å². The van der Waals surface area contributed by atoms with E-state index in [2.05, 4.69) is 15.5 Å². The van der Waals surface area contributed by atoms with Crippen molar-refractivity contribution in [1.29, 1.82) is 0 Å². The molecule has 2 aliphatic heterocycles. The molecule has 2 fully saturated rings. The molecule has 0 aliphatic carbocycles. The van der Waals surface area contributed by atoms with Crippen LogP contribution in [0.3, 0.4) is 0 Å². The Morgan fingerprint density at radius 2 is 2.19 bits per heavy atom. The summed E-state index contributed by atoms with van der Waals surface area (Å²) in [7, 11) is 0. The molecule has 3 rings (SSSR count). The van der Waals surface area contributed by atoms with E-state index in [0.29, 0.717) is 11.8 Å². The zero-order valence-electron chi connectivity index (χ0n) is 9.53. The van der Waals surface area contributed by atoms with Crippen molar-refractivity contribution < 1.29 is 9.26 Å². The van der Waals surface area contributed by atoms with Crippen LogP contribution in [0.2, 0.25) is 0 Å². The summed E-state index contributed by atoms with van der Waals surface area (Å²) in [4.78, 5) is 4.38. The van der Waals surface area contributed by atoms with Crippen LogP contribution in [0, 0.1) is 12.3 Å². The first kappa shape index (κ1) is 10.2. The lowest BCUT2D eigenvalue weighted by Gasteiger charge is -2.36. The third kappa shape index (κ3) is 1.55. The van der Waals surface area contributed by atoms with Crippen LogP contribution in [0.15, 0.2) is 4.52 Å². The summed E-state index contributed by atoms with van der Waals surface area (Å²) in [5.74, 6) is 1.90. The van der Waals surface area contributed by atoms with Crippen LogP contribution < -0.4 is 5.32 Å². The number of aromatic nitrogens is 2. The highest BCUT2D eigenvalue weighted by Crippen LogP contribution is 2.45. The number of aryl methyl sites for hydroxylation is 1. The molecule has 3 heterocycles. The van der Waals surface area contributed by atoms with Gasteiger partial charge < -0.3 is 14.6 Å². The largest absolute Gasteiger partial charge is 0.381 e. The molecular formula is C11H17N3O2. The number of rotatable bonds is 1. The summed E-state index contributed by atoms with van der Waals surface area (Å²) >= 11 is 0. The molecular weight excluding hydrogens is 206 g/mol. The first-order valence-electron chi connectivity index (χ1n) is 5.89. The van der Waals surface area contributed by atoms with Gasteiger partial charge in [0.1, 0.15) is 0 Å². The van der Waals surface area contributed by atoms with E-state index >= 15 is 0 Å². The lowest BCUT2D eigenvalue weighted by atomic mass is 9.72. The van der Waals surface area contributed by atoms with Crippen LogP contribution >= 0.6 is 0 Å². The van der Waals surface area contributed by atoms with Gasteiger partial charge in [0.15, 0.2) is 5.82 Å². The molecule has 2 saturated heterocycles. The molecule has 1 spiro atoms. The molecule has 0 saturated carbocycles. The monoisotopic (exact) mass is 223 g/mol. The Kier molecular flexibility index (Phi) is 2.44. The van der Waals surface area contributed by atoms with Crippen LogP contribution in [-0.2, 0) is 4.74 Å². The fourth-order valence-electron chi connectivity index (χ4n) is 2.93. The van der Waals surface area contributed by atoms with Crippen LogP contribution in [0.25, 0.3) is 0 Å². The molecule has 5 heteroatoms. The second-order valence-electron chi connectivity index (χ2n) is 4.83. The molecule has 0 unspecified atom stereocenters. The quantitative estimate of drug-likeness (QED) is 0.765. The minimum absolute atomic E-state index is 0.286. The maximum Gasteiger partial charge on any atom is 0.223 e. The van der Waals surface area contributed by atoms with E-state index in [4.69, 9.17) is 9.26 Å². The van der Waals surface area contributed by atoms with Crippen molar-refractivity contribution in [1.82, 2.24) is 15.5 Å². The van der Waals surface area contributed by atoms with Crippen LogP contribution in [-0.4, -0.2) is 36.4 Å². The smallest absolute Gasteiger partial charge is 0.223 e. The van der Waals surface area contributed by atoms with Gasteiger partial charge in [-0.05, 0) is 18.3 Å². The minimum atomic E-state index is 0.286. The summed E-state index contributed by atoms with van der Waals surface area (Å²) in [5, 5.41) is 7.54. The van der Waals surface area contributed by atoms with Gasteiger partial charge in [-0.2, -0.15) is 4.98 Å². The highest BCUT2D eigenvalue weighted by molar-refractivity contribution is 5.10. The predicted molar refractivity (Wildman–Crippen MR) is 57.1 cm³/mol. The van der Waals surface area contributed by atoms with Gasteiger partial charge in [-0.1, -0.05) is 5.16 Å². The van der Waals surface area contributed by atoms with Crippen LogP contribution in [0.5, 0.6) is 0 Å². The molecule has 1 N–H and O–H groups in total. The number of ether oxygens (including phenoxy) is 1. The van der Waals surface area contributed by atoms with Crippen molar-refractivity contribution >= 4 is 0 Å². The molecule has 88 valence electrons. The normalized spacial score (nSPS) is 28.7. The van der Waals surface area contributed by atoms with E-state index in [1.165, 1.54) is 0 Å². The highest BCUT2D eigenvalue weighted by atomic mass is 16.5. The molecule has 1 aromatic rings. The van der Waals surface area contributed by atoms with E-state index < -0.39 is 0 Å². The van der Waals surface area contributed by atoms with Crippen molar-refractivity contribution in [3.8, 4) is 0 Å². The Balaban J connectivity index is 1.88. The summed E-state index contributed by atoms with van der Waals surface area (Å²) in [6, 6.07) is 0. The Bertz CT molecular complexity index is 371. The minimum Gasteiger partial charge on any atom is -0.381 e. The summed E-state index contributed by atoms with van der Waals surface area (Å²) in [5.41, 5.74) is 0.286. The Morgan fingerprint density at radius 3 is 2.88 bits per heavy atom. The maximum absolute atomic E-state index is 5.45. The van der Waals surface area contributed by atoms with Crippen LogP contribution in [0.1, 0.15) is 30.5 Å². The van der Waals surface area contributed by atoms with E-state index in [0.717, 1.165) is 45.0 Å². The van der Waals surface area contributed by atoms with E-state index in [1.54, 1.807) is 0 Å². The third-order valence-electron chi connectivity index (χ3n) is 3.91. The molecule has 0 aromatic carbocycles. The molecule has 0 amide bonds. The maximum atomic E-state index is 5.45. The van der Waals surface area contributed by atoms with E-state index in [-0.39, 0.29) is 5.41 Å². The predicted octanol–water partition coefficient (Wildman–Crippen LogP) is 0.862. The standard InChI is InChI=1S/C11H17N3O2/c1-8-13-10(14-16-8)9-6-12-7-11(9)2-4-15-5-3-11/h9,12H,2-7H2,1H3/t9-/m0/s1. The van der Waals surface area contributed by atoms with Gasteiger partial charge in [-0.25, -0.2) is 0 Å². The number of nitrogens with one attached hydrogen (secondary N) is 1. The highest BCUT2D eigenvalue weighted by Gasteiger charge is 2.46. The first-order valence-corrected chi connectivity index (χ1v) is 5.89. The SMILES string of the molecule is Cc1nc([C@@H]2CNCC23CCOCC3)no1. The fourth-order valence-corrected chi connectivity index (χ4v) is 2.93. The van der Waals surface area contributed by atoms with Crippen molar-refractivity contribution in [3.05, 3.63) is 11.7 Å². The fraction of sp³-hybridized carbons (Fsp3) is 0.818. The zero-order valence-corrected chi connectivity index (χ0v) is 9.53. The van der Waals surface area contributed by atoms with Gasteiger partial charge in [0.2, 0.25) is 5.89 Å². The van der Waals surface area contributed by atoms with Crippen molar-refractivity contribution in [3.63, 3.8) is 0 Å². The lowest BCUT2D eigenvalue weighted by Crippen LogP contribution is -2.36. The van der Waals surface area contributed by atoms with Crippen molar-refractivity contribution in [2.24, 2.45) is 5.41 Å². The van der Waals surface area contributed by atoms with E-state index in [1.807, 2.05) is 6.92 Å². The number of hydrogen-bond donors (Lipinski definition) is 1.